The molecule has 1 aromatic rings. The molecule has 22 heavy (non-hydrogen) atoms. The number of rotatable bonds is 7. The minimum atomic E-state index is -3.07. The first-order valence-electron chi connectivity index (χ1n) is 8.28. The largest absolute Gasteiger partial charge is 0.490 e. The highest BCUT2D eigenvalue weighted by Gasteiger charge is 2.28. The lowest BCUT2D eigenvalue weighted by molar-refractivity contribution is 0.135. The molecule has 0 amide bonds. The lowest BCUT2D eigenvalue weighted by Crippen LogP contribution is -2.42. The van der Waals surface area contributed by atoms with Crippen LogP contribution in [-0.2, 0) is 16.4 Å². The molecule has 0 radical (unpaired) electrons. The summed E-state index contributed by atoms with van der Waals surface area (Å²) in [4.78, 5) is 0. The molecule has 0 N–H and O–H groups in total. The Bertz CT molecular complexity index is 563. The van der Waals surface area contributed by atoms with Crippen LogP contribution >= 0.6 is 0 Å². The second kappa shape index (κ2) is 7.97. The van der Waals surface area contributed by atoms with Crippen molar-refractivity contribution < 1.29 is 13.2 Å². The van der Waals surface area contributed by atoms with E-state index in [9.17, 15) is 8.42 Å². The van der Waals surface area contributed by atoms with Gasteiger partial charge in [-0.25, -0.2) is 12.7 Å². The van der Waals surface area contributed by atoms with Gasteiger partial charge in [-0.05, 0) is 43.4 Å². The Balaban J connectivity index is 1.86. The van der Waals surface area contributed by atoms with Crippen LogP contribution in [0.2, 0.25) is 0 Å². The number of sulfonamides is 1. The van der Waals surface area contributed by atoms with Crippen molar-refractivity contribution in [2.45, 2.75) is 52.1 Å². The Morgan fingerprint density at radius 2 is 1.95 bits per heavy atom. The molecule has 1 aliphatic rings. The van der Waals surface area contributed by atoms with E-state index in [0.717, 1.165) is 37.9 Å². The molecule has 5 heteroatoms. The van der Waals surface area contributed by atoms with Crippen LogP contribution in [0.15, 0.2) is 24.3 Å². The first kappa shape index (κ1) is 17.3. The van der Waals surface area contributed by atoms with Crippen LogP contribution < -0.4 is 4.74 Å². The number of hydrogen-bond donors (Lipinski definition) is 0. The maximum atomic E-state index is 12.2. The molecule has 4 nitrogen and oxygen atoms in total. The van der Waals surface area contributed by atoms with E-state index >= 15 is 0 Å². The van der Waals surface area contributed by atoms with Crippen LogP contribution in [0.1, 0.15) is 45.1 Å². The maximum Gasteiger partial charge on any atom is 0.214 e. The molecule has 0 spiro atoms. The fourth-order valence-electron chi connectivity index (χ4n) is 2.72. The van der Waals surface area contributed by atoms with Crippen LogP contribution in [0, 0.1) is 0 Å². The van der Waals surface area contributed by atoms with E-state index in [1.165, 1.54) is 5.56 Å². The number of ether oxygens (including phenoxy) is 1. The lowest BCUT2D eigenvalue weighted by atomic mass is 10.1. The first-order valence-corrected chi connectivity index (χ1v) is 9.89. The standard InChI is InChI=1S/C17H27NO3S/c1-3-5-13-22(19,20)18-11-9-16(10-12-18)21-17-8-6-7-15(4-2)14-17/h6-8,14,16H,3-5,9-13H2,1-2H3. The van der Waals surface area contributed by atoms with Gasteiger partial charge in [-0.1, -0.05) is 32.4 Å². The Morgan fingerprint density at radius 3 is 2.59 bits per heavy atom. The summed E-state index contributed by atoms with van der Waals surface area (Å²) < 4.78 is 32.0. The van der Waals surface area contributed by atoms with Crippen molar-refractivity contribution in [1.29, 1.82) is 0 Å². The van der Waals surface area contributed by atoms with Gasteiger partial charge in [-0.2, -0.15) is 0 Å². The zero-order valence-corrected chi connectivity index (χ0v) is 14.4. The highest BCUT2D eigenvalue weighted by atomic mass is 32.2. The third kappa shape index (κ3) is 4.71. The normalized spacial score (nSPS) is 17.5. The smallest absolute Gasteiger partial charge is 0.214 e. The lowest BCUT2D eigenvalue weighted by Gasteiger charge is -2.31. The predicted molar refractivity (Wildman–Crippen MR) is 89.7 cm³/mol. The molecule has 1 saturated heterocycles. The van der Waals surface area contributed by atoms with Crippen molar-refractivity contribution in [1.82, 2.24) is 4.31 Å². The molecular weight excluding hydrogens is 298 g/mol. The molecule has 0 aromatic heterocycles. The number of hydrogen-bond acceptors (Lipinski definition) is 3. The minimum Gasteiger partial charge on any atom is -0.490 e. The van der Waals surface area contributed by atoms with Crippen molar-refractivity contribution in [3.8, 4) is 5.75 Å². The molecule has 1 aromatic carbocycles. The van der Waals surface area contributed by atoms with Crippen molar-refractivity contribution in [3.63, 3.8) is 0 Å². The van der Waals surface area contributed by atoms with Crippen LogP contribution in [0.25, 0.3) is 0 Å². The summed E-state index contributed by atoms with van der Waals surface area (Å²) in [5.41, 5.74) is 1.26. The van der Waals surface area contributed by atoms with Gasteiger partial charge in [0.25, 0.3) is 0 Å². The second-order valence-corrected chi connectivity index (χ2v) is 7.98. The number of piperidine rings is 1. The summed E-state index contributed by atoms with van der Waals surface area (Å²) in [7, 11) is -3.07. The van der Waals surface area contributed by atoms with E-state index in [1.807, 2.05) is 19.1 Å². The van der Waals surface area contributed by atoms with E-state index < -0.39 is 10.0 Å². The molecule has 1 aliphatic heterocycles. The van der Waals surface area contributed by atoms with Gasteiger partial charge in [0.15, 0.2) is 0 Å². The summed E-state index contributed by atoms with van der Waals surface area (Å²) in [5.74, 6) is 1.17. The summed E-state index contributed by atoms with van der Waals surface area (Å²) in [5, 5.41) is 0. The SMILES string of the molecule is CCCCS(=O)(=O)N1CCC(Oc2cccc(CC)c2)CC1. The second-order valence-electron chi connectivity index (χ2n) is 5.89. The van der Waals surface area contributed by atoms with E-state index in [2.05, 4.69) is 19.1 Å². The van der Waals surface area contributed by atoms with Gasteiger partial charge in [-0.3, -0.25) is 0 Å². The van der Waals surface area contributed by atoms with Gasteiger partial charge in [0, 0.05) is 13.1 Å². The molecule has 124 valence electrons. The summed E-state index contributed by atoms with van der Waals surface area (Å²) in [6.07, 6.45) is 4.29. The van der Waals surface area contributed by atoms with E-state index in [4.69, 9.17) is 4.74 Å². The molecule has 1 fully saturated rings. The zero-order valence-electron chi connectivity index (χ0n) is 13.6. The third-order valence-electron chi connectivity index (χ3n) is 4.16. The zero-order chi connectivity index (χ0) is 16.0. The molecule has 0 unspecified atom stereocenters. The Labute approximate surface area is 134 Å². The minimum absolute atomic E-state index is 0.115. The van der Waals surface area contributed by atoms with Gasteiger partial charge >= 0.3 is 0 Å². The topological polar surface area (TPSA) is 46.6 Å². The molecule has 0 bridgehead atoms. The van der Waals surface area contributed by atoms with Gasteiger partial charge in [0.1, 0.15) is 11.9 Å². The molecular formula is C17H27NO3S. The number of aryl methyl sites for hydroxylation is 1. The average Bonchev–Trinajstić information content (AvgIpc) is 2.54. The molecule has 2 rings (SSSR count). The third-order valence-corrected chi connectivity index (χ3v) is 6.12. The number of nitrogens with zero attached hydrogens (tertiary/aromatic N) is 1. The molecule has 1 heterocycles. The van der Waals surface area contributed by atoms with Crippen molar-refractivity contribution in [3.05, 3.63) is 29.8 Å². The van der Waals surface area contributed by atoms with Crippen molar-refractivity contribution in [2.75, 3.05) is 18.8 Å². The fraction of sp³-hybridized carbons (Fsp3) is 0.647. The Hall–Kier alpha value is -1.07. The quantitative estimate of drug-likeness (QED) is 0.773. The van der Waals surface area contributed by atoms with Crippen LogP contribution in [-0.4, -0.2) is 37.7 Å². The van der Waals surface area contributed by atoms with Gasteiger partial charge in [0.2, 0.25) is 10.0 Å². The molecule has 0 saturated carbocycles. The fourth-order valence-corrected chi connectivity index (χ4v) is 4.39. The summed E-state index contributed by atoms with van der Waals surface area (Å²) in [6.45, 7) is 5.28. The van der Waals surface area contributed by atoms with Crippen LogP contribution in [0.3, 0.4) is 0 Å². The molecule has 0 aliphatic carbocycles. The maximum absolute atomic E-state index is 12.2. The molecule has 0 atom stereocenters. The van der Waals surface area contributed by atoms with Crippen LogP contribution in [0.4, 0.5) is 0 Å². The van der Waals surface area contributed by atoms with Gasteiger partial charge in [-0.15, -0.1) is 0 Å². The average molecular weight is 325 g/mol. The highest BCUT2D eigenvalue weighted by Crippen LogP contribution is 2.22. The van der Waals surface area contributed by atoms with E-state index in [0.29, 0.717) is 13.1 Å². The summed E-state index contributed by atoms with van der Waals surface area (Å²) >= 11 is 0. The number of benzene rings is 1. The van der Waals surface area contributed by atoms with Crippen LogP contribution in [0.5, 0.6) is 5.75 Å². The van der Waals surface area contributed by atoms with E-state index in [1.54, 1.807) is 4.31 Å². The highest BCUT2D eigenvalue weighted by molar-refractivity contribution is 7.89. The Kier molecular flexibility index (Phi) is 6.26. The summed E-state index contributed by atoms with van der Waals surface area (Å²) in [6, 6.07) is 8.15. The van der Waals surface area contributed by atoms with Crippen molar-refractivity contribution in [2.24, 2.45) is 0 Å². The number of unbranched alkanes of at least 4 members (excludes halogenated alkanes) is 1. The van der Waals surface area contributed by atoms with Crippen molar-refractivity contribution >= 4 is 10.0 Å². The van der Waals surface area contributed by atoms with Gasteiger partial charge < -0.3 is 4.74 Å². The predicted octanol–water partition coefficient (Wildman–Crippen LogP) is 3.22. The Morgan fingerprint density at radius 1 is 1.23 bits per heavy atom. The van der Waals surface area contributed by atoms with E-state index in [-0.39, 0.29) is 11.9 Å². The van der Waals surface area contributed by atoms with Gasteiger partial charge in [0.05, 0.1) is 5.75 Å². The monoisotopic (exact) mass is 325 g/mol. The first-order chi connectivity index (χ1) is 10.5.